The summed E-state index contributed by atoms with van der Waals surface area (Å²) >= 11 is 5.96. The Balaban J connectivity index is 1.61. The Kier molecular flexibility index (Phi) is 5.67. The number of benzene rings is 1. The number of hydrogen-bond acceptors (Lipinski definition) is 5. The van der Waals surface area contributed by atoms with Crippen LogP contribution in [-0.4, -0.2) is 25.7 Å². The normalized spacial score (nSPS) is 14.8. The van der Waals surface area contributed by atoms with Gasteiger partial charge in [0.05, 0.1) is 0 Å². The summed E-state index contributed by atoms with van der Waals surface area (Å²) in [5.74, 6) is 0.981. The molecule has 1 fully saturated rings. The molecule has 0 saturated heterocycles. The molecule has 6 nitrogen and oxygen atoms in total. The summed E-state index contributed by atoms with van der Waals surface area (Å²) in [6, 6.07) is 11.3. The highest BCUT2D eigenvalue weighted by Gasteiger charge is 2.26. The molecule has 1 aromatic carbocycles. The Hall–Kier alpha value is -2.73. The molecule has 0 radical (unpaired) electrons. The minimum atomic E-state index is 0.00767. The fourth-order valence-corrected chi connectivity index (χ4v) is 3.63. The Labute approximate surface area is 169 Å². The van der Waals surface area contributed by atoms with Crippen LogP contribution in [0.25, 0.3) is 11.4 Å². The predicted octanol–water partition coefficient (Wildman–Crippen LogP) is 4.83. The summed E-state index contributed by atoms with van der Waals surface area (Å²) in [6.07, 6.45) is 8.61. The van der Waals surface area contributed by atoms with E-state index in [4.69, 9.17) is 11.6 Å². The third-order valence-electron chi connectivity index (χ3n) is 5.05. The molecule has 2 aromatic heterocycles. The fraction of sp³-hybridized carbons (Fsp3) is 0.333. The van der Waals surface area contributed by atoms with Crippen molar-refractivity contribution >= 4 is 23.5 Å². The van der Waals surface area contributed by atoms with E-state index in [0.29, 0.717) is 23.3 Å². The minimum absolute atomic E-state index is 0.00767. The zero-order chi connectivity index (χ0) is 19.3. The van der Waals surface area contributed by atoms with E-state index in [0.717, 1.165) is 36.8 Å². The molecular formula is C21H22ClN5O. The van der Waals surface area contributed by atoms with Crippen molar-refractivity contribution in [2.45, 2.75) is 38.6 Å². The number of anilines is 1. The fourth-order valence-electron chi connectivity index (χ4n) is 3.50. The minimum Gasteiger partial charge on any atom is -0.350 e. The molecule has 0 bridgehead atoms. The SMILES string of the molecule is O=C(C1CCCCC1)n1nc(-c2cccnc2)nc1NCc1ccc(Cl)cc1. The molecule has 0 aliphatic heterocycles. The van der Waals surface area contributed by atoms with Crippen molar-refractivity contribution in [3.05, 3.63) is 59.4 Å². The lowest BCUT2D eigenvalue weighted by molar-refractivity contribution is 0.0787. The van der Waals surface area contributed by atoms with Crippen LogP contribution in [0.15, 0.2) is 48.8 Å². The van der Waals surface area contributed by atoms with Crippen molar-refractivity contribution in [3.63, 3.8) is 0 Å². The molecule has 28 heavy (non-hydrogen) atoms. The maximum absolute atomic E-state index is 13.1. The van der Waals surface area contributed by atoms with Gasteiger partial charge in [-0.05, 0) is 42.7 Å². The van der Waals surface area contributed by atoms with Gasteiger partial charge in [-0.15, -0.1) is 5.10 Å². The first-order valence-corrected chi connectivity index (χ1v) is 9.98. The highest BCUT2D eigenvalue weighted by Crippen LogP contribution is 2.27. The second-order valence-electron chi connectivity index (χ2n) is 7.07. The zero-order valence-electron chi connectivity index (χ0n) is 15.5. The number of aromatic nitrogens is 4. The Morgan fingerprint density at radius 2 is 1.93 bits per heavy atom. The molecule has 0 atom stereocenters. The summed E-state index contributed by atoms with van der Waals surface area (Å²) in [4.78, 5) is 21.8. The van der Waals surface area contributed by atoms with E-state index in [1.54, 1.807) is 12.4 Å². The molecule has 0 unspecified atom stereocenters. The van der Waals surface area contributed by atoms with Crippen LogP contribution in [0.4, 0.5) is 5.95 Å². The summed E-state index contributed by atoms with van der Waals surface area (Å²) < 4.78 is 1.44. The van der Waals surface area contributed by atoms with Crippen molar-refractivity contribution in [2.24, 2.45) is 5.92 Å². The summed E-state index contributed by atoms with van der Waals surface area (Å²) in [5, 5.41) is 8.47. The molecule has 1 aliphatic rings. The van der Waals surface area contributed by atoms with Crippen LogP contribution in [0, 0.1) is 5.92 Å². The Morgan fingerprint density at radius 3 is 2.64 bits per heavy atom. The summed E-state index contributed by atoms with van der Waals surface area (Å²) in [5.41, 5.74) is 1.83. The lowest BCUT2D eigenvalue weighted by Crippen LogP contribution is -2.26. The quantitative estimate of drug-likeness (QED) is 0.670. The van der Waals surface area contributed by atoms with Gasteiger partial charge in [0, 0.05) is 35.4 Å². The first-order valence-electron chi connectivity index (χ1n) is 9.61. The molecule has 1 aliphatic carbocycles. The highest BCUT2D eigenvalue weighted by atomic mass is 35.5. The van der Waals surface area contributed by atoms with Crippen molar-refractivity contribution < 1.29 is 4.79 Å². The van der Waals surface area contributed by atoms with Crippen molar-refractivity contribution in [1.82, 2.24) is 19.7 Å². The number of hydrogen-bond donors (Lipinski definition) is 1. The molecular weight excluding hydrogens is 374 g/mol. The van der Waals surface area contributed by atoms with Crippen LogP contribution in [0.3, 0.4) is 0 Å². The first kappa shape index (κ1) is 18.6. The molecule has 2 heterocycles. The number of carbonyl (C=O) groups excluding carboxylic acids is 1. The van der Waals surface area contributed by atoms with Crippen molar-refractivity contribution in [2.75, 3.05) is 5.32 Å². The van der Waals surface area contributed by atoms with E-state index in [1.807, 2.05) is 36.4 Å². The molecule has 144 valence electrons. The highest BCUT2D eigenvalue weighted by molar-refractivity contribution is 6.30. The van der Waals surface area contributed by atoms with Crippen LogP contribution >= 0.6 is 11.6 Å². The summed E-state index contributed by atoms with van der Waals surface area (Å²) in [7, 11) is 0. The van der Waals surface area contributed by atoms with Gasteiger partial charge in [-0.3, -0.25) is 9.78 Å². The number of halogens is 1. The molecule has 1 saturated carbocycles. The second-order valence-corrected chi connectivity index (χ2v) is 7.50. The second kappa shape index (κ2) is 8.52. The maximum atomic E-state index is 13.1. The average molecular weight is 396 g/mol. The Bertz CT molecular complexity index is 933. The number of nitrogens with one attached hydrogen (secondary N) is 1. The largest absolute Gasteiger partial charge is 0.350 e. The maximum Gasteiger partial charge on any atom is 0.253 e. The monoisotopic (exact) mass is 395 g/mol. The van der Waals surface area contributed by atoms with Crippen LogP contribution in [0.2, 0.25) is 5.02 Å². The molecule has 4 rings (SSSR count). The average Bonchev–Trinajstić information content (AvgIpc) is 3.18. The van der Waals surface area contributed by atoms with E-state index in [1.165, 1.54) is 11.1 Å². The van der Waals surface area contributed by atoms with Crippen LogP contribution in [0.1, 0.15) is 42.5 Å². The third-order valence-corrected chi connectivity index (χ3v) is 5.31. The lowest BCUT2D eigenvalue weighted by atomic mass is 9.89. The van der Waals surface area contributed by atoms with Gasteiger partial charge in [-0.2, -0.15) is 9.67 Å². The van der Waals surface area contributed by atoms with Gasteiger partial charge in [0.25, 0.3) is 5.91 Å². The van der Waals surface area contributed by atoms with Crippen molar-refractivity contribution in [3.8, 4) is 11.4 Å². The standard InChI is InChI=1S/C21H22ClN5O/c22-18-10-8-15(9-11-18)13-24-21-25-19(17-7-4-12-23-14-17)26-27(21)20(28)16-5-2-1-3-6-16/h4,7-12,14,16H,1-3,5-6,13H2,(H,24,25,26). The number of nitrogens with zero attached hydrogens (tertiary/aromatic N) is 4. The van der Waals surface area contributed by atoms with Crippen molar-refractivity contribution in [1.29, 1.82) is 0 Å². The van der Waals surface area contributed by atoms with E-state index in [2.05, 4.69) is 20.4 Å². The van der Waals surface area contributed by atoms with Gasteiger partial charge in [0.15, 0.2) is 5.82 Å². The molecule has 0 amide bonds. The van der Waals surface area contributed by atoms with Gasteiger partial charge >= 0.3 is 0 Å². The number of pyridine rings is 1. The predicted molar refractivity (Wildman–Crippen MR) is 109 cm³/mol. The van der Waals surface area contributed by atoms with Crippen LogP contribution in [-0.2, 0) is 6.54 Å². The van der Waals surface area contributed by atoms with Crippen LogP contribution < -0.4 is 5.32 Å². The molecule has 7 heteroatoms. The van der Waals surface area contributed by atoms with Gasteiger partial charge in [0.1, 0.15) is 0 Å². The van der Waals surface area contributed by atoms with E-state index in [-0.39, 0.29) is 11.8 Å². The molecule has 1 N–H and O–H groups in total. The van der Waals surface area contributed by atoms with Gasteiger partial charge in [-0.1, -0.05) is 43.0 Å². The molecule has 3 aromatic rings. The first-order chi connectivity index (χ1) is 13.7. The van der Waals surface area contributed by atoms with E-state index in [9.17, 15) is 4.79 Å². The van der Waals surface area contributed by atoms with Crippen LogP contribution in [0.5, 0.6) is 0 Å². The van der Waals surface area contributed by atoms with Gasteiger partial charge < -0.3 is 5.32 Å². The van der Waals surface area contributed by atoms with Gasteiger partial charge in [0.2, 0.25) is 5.95 Å². The topological polar surface area (TPSA) is 72.7 Å². The third kappa shape index (κ3) is 4.22. The van der Waals surface area contributed by atoms with Gasteiger partial charge in [-0.25, -0.2) is 0 Å². The smallest absolute Gasteiger partial charge is 0.253 e. The van der Waals surface area contributed by atoms with E-state index >= 15 is 0 Å². The Morgan fingerprint density at radius 1 is 1.14 bits per heavy atom. The lowest BCUT2D eigenvalue weighted by Gasteiger charge is -2.20. The zero-order valence-corrected chi connectivity index (χ0v) is 16.3. The molecule has 0 spiro atoms. The summed E-state index contributed by atoms with van der Waals surface area (Å²) in [6.45, 7) is 0.528. The van der Waals surface area contributed by atoms with E-state index < -0.39 is 0 Å². The number of carbonyl (C=O) groups is 1. The number of rotatable bonds is 5.